The first-order valence-corrected chi connectivity index (χ1v) is 12.9. The molecule has 34 heavy (non-hydrogen) atoms. The predicted octanol–water partition coefficient (Wildman–Crippen LogP) is 3.64. The Hall–Kier alpha value is -3.05. The third kappa shape index (κ3) is 4.03. The van der Waals surface area contributed by atoms with Crippen LogP contribution in [0.5, 0.6) is 0 Å². The number of thiazole rings is 1. The number of anilines is 4. The van der Waals surface area contributed by atoms with Gasteiger partial charge < -0.3 is 20.6 Å². The summed E-state index contributed by atoms with van der Waals surface area (Å²) in [7, 11) is 0. The molecule has 0 spiro atoms. The van der Waals surface area contributed by atoms with Crippen LogP contribution >= 0.6 is 11.3 Å². The number of aliphatic hydroxyl groups is 1. The van der Waals surface area contributed by atoms with Crippen molar-refractivity contribution < 1.29 is 9.90 Å². The van der Waals surface area contributed by atoms with Gasteiger partial charge in [-0.25, -0.2) is 9.97 Å². The van der Waals surface area contributed by atoms with Crippen molar-refractivity contribution in [3.63, 3.8) is 0 Å². The maximum absolute atomic E-state index is 13.0. The molecule has 1 saturated carbocycles. The molecule has 3 aromatic rings. The van der Waals surface area contributed by atoms with Crippen LogP contribution in [0.1, 0.15) is 73.9 Å². The summed E-state index contributed by atoms with van der Waals surface area (Å²) in [6, 6.07) is 1.68. The number of carbonyl (C=O) groups excluding carboxylic acids is 1. The first-order valence-electron chi connectivity index (χ1n) is 12.0. The van der Waals surface area contributed by atoms with Gasteiger partial charge in [0.05, 0.1) is 11.8 Å². The Kier molecular flexibility index (Phi) is 5.66. The average molecular weight is 481 g/mol. The highest BCUT2D eigenvalue weighted by Gasteiger charge is 2.35. The minimum Gasteiger partial charge on any atom is -0.387 e. The number of nitrogens with zero attached hydrogens (tertiary/aromatic N) is 5. The lowest BCUT2D eigenvalue weighted by atomic mass is 10.0. The maximum atomic E-state index is 13.0. The van der Waals surface area contributed by atoms with Gasteiger partial charge in [0.25, 0.3) is 0 Å². The largest absolute Gasteiger partial charge is 0.387 e. The molecule has 3 aliphatic rings. The number of rotatable bonds is 6. The lowest BCUT2D eigenvalue weighted by Crippen LogP contribution is -2.40. The molecule has 0 aromatic carbocycles. The van der Waals surface area contributed by atoms with Crippen LogP contribution < -0.4 is 15.5 Å². The van der Waals surface area contributed by atoms with Crippen LogP contribution in [-0.2, 0) is 11.2 Å². The van der Waals surface area contributed by atoms with Crippen molar-refractivity contribution in [2.45, 2.75) is 69.4 Å². The van der Waals surface area contributed by atoms with Gasteiger partial charge in [0, 0.05) is 41.4 Å². The zero-order valence-corrected chi connectivity index (χ0v) is 19.6. The van der Waals surface area contributed by atoms with Gasteiger partial charge in [0.1, 0.15) is 11.9 Å². The van der Waals surface area contributed by atoms with Gasteiger partial charge in [-0.3, -0.25) is 9.89 Å². The van der Waals surface area contributed by atoms with Gasteiger partial charge >= 0.3 is 0 Å². The maximum Gasteiger partial charge on any atom is 0.248 e. The van der Waals surface area contributed by atoms with E-state index >= 15 is 0 Å². The van der Waals surface area contributed by atoms with Gasteiger partial charge in [-0.1, -0.05) is 12.8 Å². The number of aliphatic hydroxyl groups excluding tert-OH is 1. The van der Waals surface area contributed by atoms with Crippen molar-refractivity contribution in [2.75, 3.05) is 22.1 Å². The molecule has 2 atom stereocenters. The number of hydrogen-bond acceptors (Lipinski definition) is 9. The molecule has 6 rings (SSSR count). The second kappa shape index (κ2) is 8.95. The Morgan fingerprint density at radius 2 is 2.06 bits per heavy atom. The molecule has 2 fully saturated rings. The Labute approximate surface area is 201 Å². The van der Waals surface area contributed by atoms with Crippen LogP contribution in [0.3, 0.4) is 0 Å². The minimum atomic E-state index is -0.629. The molecule has 0 radical (unpaired) electrons. The molecule has 1 amide bonds. The number of H-pyrrole nitrogens is 1. The molecule has 10 nitrogen and oxygen atoms in total. The monoisotopic (exact) mass is 480 g/mol. The molecule has 3 aromatic heterocycles. The molecule has 1 saturated heterocycles. The van der Waals surface area contributed by atoms with Gasteiger partial charge in [0.15, 0.2) is 10.9 Å². The fourth-order valence-corrected chi connectivity index (χ4v) is 5.91. The molecule has 11 heteroatoms. The Morgan fingerprint density at radius 1 is 1.18 bits per heavy atom. The first kappa shape index (κ1) is 21.5. The summed E-state index contributed by atoms with van der Waals surface area (Å²) in [4.78, 5) is 28.6. The SMILES string of the molecule is O=C(Nc1nccs1)[C@H]1CCCN1c1nc(Nc2cc(C3CCCC3)[nH]n2)c2c(n1)[C@@H](O)CC2. The summed E-state index contributed by atoms with van der Waals surface area (Å²) in [5.41, 5.74) is 2.72. The number of fused-ring (bicyclic) bond motifs is 1. The van der Waals surface area contributed by atoms with Crippen molar-refractivity contribution in [1.29, 1.82) is 0 Å². The zero-order chi connectivity index (χ0) is 23.1. The smallest absolute Gasteiger partial charge is 0.248 e. The topological polar surface area (TPSA) is 132 Å². The normalized spacial score (nSPS) is 22.3. The van der Waals surface area contributed by atoms with Gasteiger partial charge in [-0.05, 0) is 38.5 Å². The Balaban J connectivity index is 1.28. The van der Waals surface area contributed by atoms with Gasteiger partial charge in [0.2, 0.25) is 11.9 Å². The van der Waals surface area contributed by atoms with E-state index < -0.39 is 6.10 Å². The zero-order valence-electron chi connectivity index (χ0n) is 18.8. The minimum absolute atomic E-state index is 0.111. The van der Waals surface area contributed by atoms with E-state index in [2.05, 4.69) is 31.9 Å². The molecule has 178 valence electrons. The van der Waals surface area contributed by atoms with Crippen LogP contribution in [0.25, 0.3) is 0 Å². The molecule has 0 unspecified atom stereocenters. The van der Waals surface area contributed by atoms with Crippen molar-refractivity contribution in [3.8, 4) is 0 Å². The fourth-order valence-electron chi connectivity index (χ4n) is 5.38. The summed E-state index contributed by atoms with van der Waals surface area (Å²) in [5.74, 6) is 2.27. The number of nitrogens with one attached hydrogen (secondary N) is 3. The van der Waals surface area contributed by atoms with E-state index in [0.717, 1.165) is 23.5 Å². The number of aromatic nitrogens is 5. The number of aromatic amines is 1. The standard InChI is InChI=1S/C23H28N8O2S/c32-17-8-7-14-19(17)26-22(31-10-3-6-16(31)21(33)28-23-24-9-11-34-23)27-20(14)25-18-12-15(29-30-18)13-4-1-2-5-13/h9,11-13,16-17,32H,1-8,10H2,(H,24,28,33)(H2,25,26,27,29,30)/t16-,17+/m1/s1. The van der Waals surface area contributed by atoms with Gasteiger partial charge in [-0.2, -0.15) is 10.1 Å². The summed E-state index contributed by atoms with van der Waals surface area (Å²) < 4.78 is 0. The van der Waals surface area contributed by atoms with E-state index in [1.807, 2.05) is 10.3 Å². The molecule has 0 bridgehead atoms. The van der Waals surface area contributed by atoms with Crippen molar-refractivity contribution in [3.05, 3.63) is 34.6 Å². The van der Waals surface area contributed by atoms with Crippen LogP contribution in [0.15, 0.2) is 17.6 Å². The van der Waals surface area contributed by atoms with Crippen LogP contribution in [-0.4, -0.2) is 48.7 Å². The average Bonchev–Trinajstić information content (AvgIpc) is 3.65. The highest BCUT2D eigenvalue weighted by Crippen LogP contribution is 2.38. The third-order valence-corrected chi connectivity index (χ3v) is 7.81. The van der Waals surface area contributed by atoms with Crippen LogP contribution in [0, 0.1) is 0 Å². The van der Waals surface area contributed by atoms with Crippen LogP contribution in [0.4, 0.5) is 22.7 Å². The fraction of sp³-hybridized carbons (Fsp3) is 0.522. The summed E-state index contributed by atoms with van der Waals surface area (Å²) in [6.07, 6.45) is 8.86. The molecule has 4 heterocycles. The quantitative estimate of drug-likeness (QED) is 0.420. The predicted molar refractivity (Wildman–Crippen MR) is 130 cm³/mol. The van der Waals surface area contributed by atoms with E-state index in [0.29, 0.717) is 54.3 Å². The first-order chi connectivity index (χ1) is 16.7. The molecule has 4 N–H and O–H groups in total. The Bertz CT molecular complexity index is 1170. The summed E-state index contributed by atoms with van der Waals surface area (Å²) in [5, 5.41) is 26.9. The number of hydrogen-bond donors (Lipinski definition) is 4. The molecule has 1 aliphatic heterocycles. The van der Waals surface area contributed by atoms with E-state index in [4.69, 9.17) is 9.97 Å². The second-order valence-corrected chi connectivity index (χ2v) is 10.2. The van der Waals surface area contributed by atoms with Crippen LogP contribution in [0.2, 0.25) is 0 Å². The van der Waals surface area contributed by atoms with E-state index in [9.17, 15) is 9.90 Å². The highest BCUT2D eigenvalue weighted by molar-refractivity contribution is 7.13. The molecule has 2 aliphatic carbocycles. The molecular weight excluding hydrogens is 452 g/mol. The lowest BCUT2D eigenvalue weighted by molar-refractivity contribution is -0.117. The summed E-state index contributed by atoms with van der Waals surface area (Å²) in [6.45, 7) is 0.679. The van der Waals surface area contributed by atoms with Crippen molar-refractivity contribution >= 4 is 40.0 Å². The third-order valence-electron chi connectivity index (χ3n) is 7.12. The van der Waals surface area contributed by atoms with Crippen molar-refractivity contribution in [1.82, 2.24) is 25.1 Å². The molecular formula is C23H28N8O2S. The van der Waals surface area contributed by atoms with E-state index in [-0.39, 0.29) is 11.9 Å². The van der Waals surface area contributed by atoms with Crippen molar-refractivity contribution in [2.24, 2.45) is 0 Å². The summed E-state index contributed by atoms with van der Waals surface area (Å²) >= 11 is 1.39. The lowest BCUT2D eigenvalue weighted by Gasteiger charge is -2.25. The highest BCUT2D eigenvalue weighted by atomic mass is 32.1. The van der Waals surface area contributed by atoms with Gasteiger partial charge in [-0.15, -0.1) is 11.3 Å². The van der Waals surface area contributed by atoms with E-state index in [1.54, 1.807) is 6.20 Å². The number of carbonyl (C=O) groups is 1. The Morgan fingerprint density at radius 3 is 2.88 bits per heavy atom. The number of amides is 1. The second-order valence-electron chi connectivity index (χ2n) is 9.28. The van der Waals surface area contributed by atoms with E-state index in [1.165, 1.54) is 37.0 Å².